The van der Waals surface area contributed by atoms with Crippen molar-refractivity contribution in [3.8, 4) is 11.1 Å². The number of hydrogen-bond acceptors (Lipinski definition) is 4. The molecular weight excluding hydrogens is 397 g/mol. The van der Waals surface area contributed by atoms with Crippen LogP contribution in [0.3, 0.4) is 0 Å². The molecule has 4 aromatic heterocycles. The molecule has 1 aliphatic carbocycles. The minimum atomic E-state index is -0.355. The molecule has 0 radical (unpaired) electrons. The maximum Gasteiger partial charge on any atom is 0.260 e. The highest BCUT2D eigenvalue weighted by atomic mass is 32.1. The summed E-state index contributed by atoms with van der Waals surface area (Å²) in [7, 11) is 0. The average molecular weight is 413 g/mol. The molecular formula is C24H16FN3OS. The van der Waals surface area contributed by atoms with Crippen molar-refractivity contribution in [2.24, 2.45) is 0 Å². The second-order valence-electron chi connectivity index (χ2n) is 7.62. The van der Waals surface area contributed by atoms with Gasteiger partial charge in [0.1, 0.15) is 0 Å². The zero-order valence-corrected chi connectivity index (χ0v) is 16.6. The molecule has 1 saturated carbocycles. The topological polar surface area (TPSA) is 47.8 Å². The van der Waals surface area contributed by atoms with Crippen molar-refractivity contribution in [3.05, 3.63) is 94.4 Å². The van der Waals surface area contributed by atoms with Crippen LogP contribution in [0.1, 0.15) is 24.1 Å². The molecule has 4 heterocycles. The van der Waals surface area contributed by atoms with Gasteiger partial charge in [-0.25, -0.2) is 4.39 Å². The fraction of sp³-hybridized carbons (Fsp3) is 0.125. The normalized spacial score (nSPS) is 18.2. The Morgan fingerprint density at radius 2 is 1.90 bits per heavy atom. The molecule has 0 N–H and O–H groups in total. The van der Waals surface area contributed by atoms with Crippen LogP contribution in [0.2, 0.25) is 0 Å². The number of aromatic nitrogens is 3. The van der Waals surface area contributed by atoms with Crippen LogP contribution < -0.4 is 5.56 Å². The van der Waals surface area contributed by atoms with Gasteiger partial charge in [0, 0.05) is 52.6 Å². The van der Waals surface area contributed by atoms with E-state index in [0.717, 1.165) is 34.1 Å². The number of nitrogens with zero attached hydrogens (tertiary/aromatic N) is 3. The Bertz CT molecular complexity index is 1470. The molecule has 30 heavy (non-hydrogen) atoms. The number of pyridine rings is 3. The largest absolute Gasteiger partial charge is 0.308 e. The second kappa shape index (κ2) is 6.57. The molecule has 1 fully saturated rings. The van der Waals surface area contributed by atoms with Crippen molar-refractivity contribution >= 4 is 32.3 Å². The van der Waals surface area contributed by atoms with Gasteiger partial charge in [-0.1, -0.05) is 24.3 Å². The fourth-order valence-corrected chi connectivity index (χ4v) is 5.17. The van der Waals surface area contributed by atoms with Gasteiger partial charge in [-0.2, -0.15) is 0 Å². The van der Waals surface area contributed by atoms with Gasteiger partial charge in [0.05, 0.1) is 15.6 Å². The van der Waals surface area contributed by atoms with Gasteiger partial charge in [0.25, 0.3) is 5.56 Å². The molecule has 0 amide bonds. The standard InChI is InChI=1S/C24H16FN3OS/c25-18-12-28(21-11-16(21)20-6-5-15-3-1-2-4-19(15)27-20)24(29)22-17(13-30-23(18)22)14-7-9-26-10-8-14/h1-10,12-13,16,21H,11H2/t16-,21-/m1/s1. The van der Waals surface area contributed by atoms with E-state index in [1.54, 1.807) is 17.0 Å². The number of thiophene rings is 1. The van der Waals surface area contributed by atoms with Crippen LogP contribution in [0, 0.1) is 5.82 Å². The Balaban J connectivity index is 1.44. The van der Waals surface area contributed by atoms with Crippen LogP contribution >= 0.6 is 11.3 Å². The molecule has 1 aromatic carbocycles. The number of halogens is 1. The van der Waals surface area contributed by atoms with Crippen molar-refractivity contribution in [2.45, 2.75) is 18.4 Å². The second-order valence-corrected chi connectivity index (χ2v) is 8.50. The molecule has 0 unspecified atom stereocenters. The molecule has 2 atom stereocenters. The van der Waals surface area contributed by atoms with E-state index in [2.05, 4.69) is 11.1 Å². The number of fused-ring (bicyclic) bond motifs is 2. The van der Waals surface area contributed by atoms with Gasteiger partial charge in [0.2, 0.25) is 0 Å². The summed E-state index contributed by atoms with van der Waals surface area (Å²) in [5.41, 5.74) is 3.37. The summed E-state index contributed by atoms with van der Waals surface area (Å²) in [6.45, 7) is 0. The van der Waals surface area contributed by atoms with E-state index in [9.17, 15) is 9.18 Å². The van der Waals surface area contributed by atoms with Crippen molar-refractivity contribution < 1.29 is 4.39 Å². The van der Waals surface area contributed by atoms with E-state index in [1.165, 1.54) is 17.5 Å². The molecule has 0 saturated heterocycles. The molecule has 4 nitrogen and oxygen atoms in total. The fourth-order valence-electron chi connectivity index (χ4n) is 4.20. The number of benzene rings is 1. The van der Waals surface area contributed by atoms with Crippen molar-refractivity contribution in [1.29, 1.82) is 0 Å². The Kier molecular flexibility index (Phi) is 3.83. The monoisotopic (exact) mass is 413 g/mol. The highest BCUT2D eigenvalue weighted by molar-refractivity contribution is 7.17. The number of para-hydroxylation sites is 1. The first-order chi connectivity index (χ1) is 14.7. The Hall–Kier alpha value is -3.38. The minimum absolute atomic E-state index is 0.0738. The predicted octanol–water partition coefficient (Wildman–Crippen LogP) is 5.54. The van der Waals surface area contributed by atoms with E-state index in [4.69, 9.17) is 4.98 Å². The lowest BCUT2D eigenvalue weighted by Gasteiger charge is -2.08. The molecule has 5 aromatic rings. The first kappa shape index (κ1) is 17.5. The Labute approximate surface area is 175 Å². The summed E-state index contributed by atoms with van der Waals surface area (Å²) >= 11 is 1.27. The predicted molar refractivity (Wildman–Crippen MR) is 117 cm³/mol. The summed E-state index contributed by atoms with van der Waals surface area (Å²) in [6.07, 6.45) is 5.51. The summed E-state index contributed by atoms with van der Waals surface area (Å²) in [6, 6.07) is 15.7. The lowest BCUT2D eigenvalue weighted by atomic mass is 10.1. The first-order valence-corrected chi connectivity index (χ1v) is 10.7. The van der Waals surface area contributed by atoms with E-state index in [-0.39, 0.29) is 23.3 Å². The average Bonchev–Trinajstić information content (AvgIpc) is 3.45. The van der Waals surface area contributed by atoms with Gasteiger partial charge in [-0.3, -0.25) is 14.8 Å². The SMILES string of the molecule is O=c1c2c(-c3ccncc3)csc2c(F)cn1[C@@H]1C[C@@H]1c1ccc2ccccc2n1. The summed E-state index contributed by atoms with van der Waals surface area (Å²) in [5, 5.41) is 3.39. The molecule has 6 rings (SSSR count). The highest BCUT2D eigenvalue weighted by Crippen LogP contribution is 2.50. The highest BCUT2D eigenvalue weighted by Gasteiger charge is 2.42. The molecule has 146 valence electrons. The van der Waals surface area contributed by atoms with Crippen LogP contribution in [0.4, 0.5) is 4.39 Å². The Morgan fingerprint density at radius 3 is 2.77 bits per heavy atom. The zero-order chi connectivity index (χ0) is 20.2. The smallest absolute Gasteiger partial charge is 0.260 e. The van der Waals surface area contributed by atoms with E-state index < -0.39 is 0 Å². The third kappa shape index (κ3) is 2.68. The van der Waals surface area contributed by atoms with Gasteiger partial charge < -0.3 is 4.57 Å². The van der Waals surface area contributed by atoms with E-state index in [1.807, 2.05) is 47.8 Å². The lowest BCUT2D eigenvalue weighted by molar-refractivity contribution is 0.596. The zero-order valence-electron chi connectivity index (χ0n) is 15.8. The van der Waals surface area contributed by atoms with Gasteiger partial charge in [0.15, 0.2) is 5.82 Å². The van der Waals surface area contributed by atoms with E-state index >= 15 is 0 Å². The van der Waals surface area contributed by atoms with Gasteiger partial charge in [-0.15, -0.1) is 11.3 Å². The van der Waals surface area contributed by atoms with Gasteiger partial charge >= 0.3 is 0 Å². The summed E-state index contributed by atoms with van der Waals surface area (Å²) in [5.74, 6) is -0.237. The minimum Gasteiger partial charge on any atom is -0.308 e. The van der Waals surface area contributed by atoms with Crippen molar-refractivity contribution in [2.75, 3.05) is 0 Å². The summed E-state index contributed by atoms with van der Waals surface area (Å²) in [4.78, 5) is 22.2. The van der Waals surface area contributed by atoms with Gasteiger partial charge in [-0.05, 0) is 36.2 Å². The first-order valence-electron chi connectivity index (χ1n) is 9.78. The number of hydrogen-bond donors (Lipinski definition) is 0. The molecule has 0 bridgehead atoms. The van der Waals surface area contributed by atoms with Crippen LogP contribution in [0.5, 0.6) is 0 Å². The quantitative estimate of drug-likeness (QED) is 0.390. The van der Waals surface area contributed by atoms with Crippen LogP contribution in [0.15, 0.2) is 77.3 Å². The van der Waals surface area contributed by atoms with Crippen LogP contribution in [-0.2, 0) is 0 Å². The van der Waals surface area contributed by atoms with Crippen molar-refractivity contribution in [3.63, 3.8) is 0 Å². The molecule has 0 spiro atoms. The molecule has 0 aliphatic heterocycles. The van der Waals surface area contributed by atoms with Crippen LogP contribution in [0.25, 0.3) is 32.1 Å². The van der Waals surface area contributed by atoms with Crippen LogP contribution in [-0.4, -0.2) is 14.5 Å². The van der Waals surface area contributed by atoms with Crippen molar-refractivity contribution in [1.82, 2.24) is 14.5 Å². The summed E-state index contributed by atoms with van der Waals surface area (Å²) < 4.78 is 16.9. The molecule has 1 aliphatic rings. The Morgan fingerprint density at radius 1 is 1.07 bits per heavy atom. The maximum atomic E-state index is 14.9. The van der Waals surface area contributed by atoms with E-state index in [0.29, 0.717) is 10.1 Å². The molecule has 6 heteroatoms. The third-order valence-electron chi connectivity index (χ3n) is 5.81. The third-order valence-corrected chi connectivity index (χ3v) is 6.80. The lowest BCUT2D eigenvalue weighted by Crippen LogP contribution is -2.20. The number of rotatable bonds is 3. The maximum absolute atomic E-state index is 14.9.